The lowest BCUT2D eigenvalue weighted by Gasteiger charge is -2.13. The summed E-state index contributed by atoms with van der Waals surface area (Å²) in [7, 11) is 1.60. The van der Waals surface area contributed by atoms with Crippen LogP contribution in [0.5, 0.6) is 5.75 Å². The number of aromatic nitrogens is 5. The number of ether oxygens (including phenoxy) is 1. The van der Waals surface area contributed by atoms with E-state index in [-0.39, 0.29) is 10.6 Å². The first-order chi connectivity index (χ1) is 18.0. The number of nitrogens with zero attached hydrogens (tertiary/aromatic N) is 4. The first kappa shape index (κ1) is 22.7. The molecule has 0 atom stereocenters. The number of methoxy groups -OCH3 is 1. The number of aromatic amines is 1. The van der Waals surface area contributed by atoms with Crippen LogP contribution in [0.15, 0.2) is 83.9 Å². The van der Waals surface area contributed by atoms with E-state index in [1.165, 1.54) is 16.8 Å². The number of pyridine rings is 1. The van der Waals surface area contributed by atoms with E-state index in [1.807, 2.05) is 42.5 Å². The van der Waals surface area contributed by atoms with Crippen molar-refractivity contribution in [3.63, 3.8) is 0 Å². The molecule has 0 aliphatic carbocycles. The summed E-state index contributed by atoms with van der Waals surface area (Å²) in [5.74, 6) is 0.539. The fourth-order valence-corrected chi connectivity index (χ4v) is 4.37. The highest BCUT2D eigenvalue weighted by atomic mass is 35.5. The maximum atomic E-state index is 13.7. The van der Waals surface area contributed by atoms with E-state index in [0.717, 1.165) is 17.0 Å². The molecule has 182 valence electrons. The van der Waals surface area contributed by atoms with Gasteiger partial charge in [0, 0.05) is 11.9 Å². The van der Waals surface area contributed by atoms with Crippen molar-refractivity contribution < 1.29 is 9.13 Å². The molecular formula is C27H18ClFN6O2. The summed E-state index contributed by atoms with van der Waals surface area (Å²) in [6, 6.07) is 19.1. The van der Waals surface area contributed by atoms with Crippen molar-refractivity contribution in [3.05, 3.63) is 100 Å². The second kappa shape index (κ2) is 9.03. The molecule has 6 aromatic rings. The highest BCUT2D eigenvalue weighted by Crippen LogP contribution is 2.28. The van der Waals surface area contributed by atoms with Crippen molar-refractivity contribution in [2.75, 3.05) is 12.4 Å². The van der Waals surface area contributed by atoms with E-state index in [2.05, 4.69) is 20.5 Å². The molecule has 0 fully saturated rings. The van der Waals surface area contributed by atoms with Crippen molar-refractivity contribution >= 4 is 45.2 Å². The number of fused-ring (bicyclic) bond motifs is 3. The first-order valence-electron chi connectivity index (χ1n) is 11.2. The SMILES string of the molecule is COc1ccc(Nc2ncc3c4[nH]ncc4c(=O)n(-c4cccc(-c5ccc(F)c(Cl)c5)c4)c3n2)cc1. The number of hydrogen-bond acceptors (Lipinski definition) is 6. The Labute approximate surface area is 214 Å². The summed E-state index contributed by atoms with van der Waals surface area (Å²) in [6.45, 7) is 0. The summed E-state index contributed by atoms with van der Waals surface area (Å²) in [6.07, 6.45) is 3.13. The lowest BCUT2D eigenvalue weighted by atomic mass is 10.0. The van der Waals surface area contributed by atoms with Gasteiger partial charge in [-0.3, -0.25) is 14.5 Å². The maximum Gasteiger partial charge on any atom is 0.267 e. The summed E-state index contributed by atoms with van der Waals surface area (Å²) < 4.78 is 20.4. The van der Waals surface area contributed by atoms with Crippen LogP contribution in [-0.4, -0.2) is 31.8 Å². The zero-order chi connectivity index (χ0) is 25.5. The molecule has 0 amide bonds. The molecule has 0 bridgehead atoms. The van der Waals surface area contributed by atoms with Crippen molar-refractivity contribution in [1.82, 2.24) is 24.7 Å². The maximum absolute atomic E-state index is 13.7. The van der Waals surface area contributed by atoms with Crippen LogP contribution in [0.3, 0.4) is 0 Å². The quantitative estimate of drug-likeness (QED) is 0.300. The number of rotatable bonds is 5. The highest BCUT2D eigenvalue weighted by Gasteiger charge is 2.17. The molecule has 6 rings (SSSR count). The summed E-state index contributed by atoms with van der Waals surface area (Å²) >= 11 is 6.01. The van der Waals surface area contributed by atoms with Crippen LogP contribution < -0.4 is 15.6 Å². The number of anilines is 2. The Hall–Kier alpha value is -4.76. The van der Waals surface area contributed by atoms with Gasteiger partial charge in [0.15, 0.2) is 5.65 Å². The standard InChI is InChI=1S/C27H18ClFN6O2/c1-37-19-8-6-17(7-9-19)32-27-30-13-20-24-21(14-31-34-24)26(36)35(25(20)33-27)18-4-2-3-15(11-18)16-5-10-23(29)22(28)12-16/h2-14H,1H3,(H,31,34)(H,30,32,33). The van der Waals surface area contributed by atoms with Crippen LogP contribution in [-0.2, 0) is 0 Å². The number of halogens is 2. The Morgan fingerprint density at radius 3 is 2.59 bits per heavy atom. The molecule has 0 radical (unpaired) electrons. The summed E-state index contributed by atoms with van der Waals surface area (Å²) in [5.41, 5.74) is 3.45. The van der Waals surface area contributed by atoms with Gasteiger partial charge in [-0.25, -0.2) is 9.37 Å². The van der Waals surface area contributed by atoms with E-state index in [4.69, 9.17) is 21.3 Å². The highest BCUT2D eigenvalue weighted by molar-refractivity contribution is 6.31. The molecule has 2 N–H and O–H groups in total. The lowest BCUT2D eigenvalue weighted by Crippen LogP contribution is -2.20. The van der Waals surface area contributed by atoms with E-state index in [1.54, 1.807) is 31.5 Å². The minimum Gasteiger partial charge on any atom is -0.497 e. The van der Waals surface area contributed by atoms with E-state index < -0.39 is 5.82 Å². The fraction of sp³-hybridized carbons (Fsp3) is 0.0370. The number of hydrogen-bond donors (Lipinski definition) is 2. The zero-order valence-electron chi connectivity index (χ0n) is 19.4. The average Bonchev–Trinajstić information content (AvgIpc) is 3.42. The number of benzene rings is 3. The molecular weight excluding hydrogens is 495 g/mol. The molecule has 10 heteroatoms. The summed E-state index contributed by atoms with van der Waals surface area (Å²) in [5, 5.41) is 11.2. The molecule has 0 aliphatic rings. The molecule has 3 aromatic heterocycles. The van der Waals surface area contributed by atoms with Crippen molar-refractivity contribution in [3.8, 4) is 22.6 Å². The van der Waals surface area contributed by atoms with Crippen molar-refractivity contribution in [1.29, 1.82) is 0 Å². The molecule has 3 heterocycles. The van der Waals surface area contributed by atoms with Crippen molar-refractivity contribution in [2.24, 2.45) is 0 Å². The first-order valence-corrected chi connectivity index (χ1v) is 11.6. The molecule has 0 saturated carbocycles. The Morgan fingerprint density at radius 1 is 1.00 bits per heavy atom. The Kier molecular flexibility index (Phi) is 5.54. The topological polar surface area (TPSA) is 97.7 Å². The van der Waals surface area contributed by atoms with Crippen LogP contribution in [0.2, 0.25) is 5.02 Å². The third kappa shape index (κ3) is 4.05. The summed E-state index contributed by atoms with van der Waals surface area (Å²) in [4.78, 5) is 22.8. The second-order valence-electron chi connectivity index (χ2n) is 8.26. The lowest BCUT2D eigenvalue weighted by molar-refractivity contribution is 0.415. The van der Waals surface area contributed by atoms with Gasteiger partial charge in [-0.1, -0.05) is 29.8 Å². The Morgan fingerprint density at radius 2 is 1.81 bits per heavy atom. The fourth-order valence-electron chi connectivity index (χ4n) is 4.19. The van der Waals surface area contributed by atoms with Gasteiger partial charge >= 0.3 is 0 Å². The Bertz CT molecular complexity index is 1850. The number of H-pyrrole nitrogens is 1. The molecule has 0 spiro atoms. The normalized spacial score (nSPS) is 11.2. The van der Waals surface area contributed by atoms with Crippen LogP contribution in [0, 0.1) is 5.82 Å². The van der Waals surface area contributed by atoms with Crippen molar-refractivity contribution in [2.45, 2.75) is 0 Å². The molecule has 0 unspecified atom stereocenters. The van der Waals surface area contributed by atoms with E-state index >= 15 is 0 Å². The molecule has 37 heavy (non-hydrogen) atoms. The second-order valence-corrected chi connectivity index (χ2v) is 8.67. The van der Waals surface area contributed by atoms with Gasteiger partial charge in [-0.05, 0) is 59.7 Å². The van der Waals surface area contributed by atoms with Crippen LogP contribution >= 0.6 is 11.6 Å². The predicted molar refractivity (Wildman–Crippen MR) is 141 cm³/mol. The third-order valence-corrected chi connectivity index (χ3v) is 6.32. The minimum absolute atomic E-state index is 0.0207. The molecule has 8 nitrogen and oxygen atoms in total. The van der Waals surface area contributed by atoms with Crippen LogP contribution in [0.25, 0.3) is 38.8 Å². The van der Waals surface area contributed by atoms with Crippen LogP contribution in [0.4, 0.5) is 16.0 Å². The monoisotopic (exact) mass is 512 g/mol. The molecule has 0 saturated heterocycles. The van der Waals surface area contributed by atoms with E-state index in [9.17, 15) is 9.18 Å². The largest absolute Gasteiger partial charge is 0.497 e. The zero-order valence-corrected chi connectivity index (χ0v) is 20.1. The minimum atomic E-state index is -0.497. The molecule has 0 aliphatic heterocycles. The smallest absolute Gasteiger partial charge is 0.267 e. The van der Waals surface area contributed by atoms with Gasteiger partial charge < -0.3 is 10.1 Å². The van der Waals surface area contributed by atoms with Gasteiger partial charge in [0.1, 0.15) is 11.6 Å². The number of nitrogens with one attached hydrogen (secondary N) is 2. The average molecular weight is 513 g/mol. The van der Waals surface area contributed by atoms with Gasteiger partial charge in [0.05, 0.1) is 40.3 Å². The van der Waals surface area contributed by atoms with Crippen LogP contribution in [0.1, 0.15) is 0 Å². The van der Waals surface area contributed by atoms with E-state index in [0.29, 0.717) is 39.1 Å². The predicted octanol–water partition coefficient (Wildman–Crippen LogP) is 5.87. The van der Waals surface area contributed by atoms with Gasteiger partial charge in [-0.15, -0.1) is 0 Å². The van der Waals surface area contributed by atoms with Gasteiger partial charge in [-0.2, -0.15) is 10.1 Å². The Balaban J connectivity index is 1.53. The van der Waals surface area contributed by atoms with Gasteiger partial charge in [0.2, 0.25) is 5.95 Å². The van der Waals surface area contributed by atoms with Gasteiger partial charge in [0.25, 0.3) is 5.56 Å². The third-order valence-electron chi connectivity index (χ3n) is 6.03. The molecule has 3 aromatic carbocycles.